The van der Waals surface area contributed by atoms with Crippen LogP contribution in [0.5, 0.6) is 0 Å². The van der Waals surface area contributed by atoms with Crippen molar-refractivity contribution in [2.45, 2.75) is 25.7 Å². The van der Waals surface area contributed by atoms with Gasteiger partial charge >= 0.3 is 0 Å². The first-order valence-corrected chi connectivity index (χ1v) is 3.94. The number of hydrogen-bond acceptors (Lipinski definition) is 1. The molecule has 0 N–H and O–H groups in total. The summed E-state index contributed by atoms with van der Waals surface area (Å²) in [5, 5.41) is 0. The lowest BCUT2D eigenvalue weighted by atomic mass is 9.82. The molecule has 0 spiro atoms. The van der Waals surface area contributed by atoms with Crippen molar-refractivity contribution in [1.29, 1.82) is 0 Å². The second-order valence-corrected chi connectivity index (χ2v) is 3.06. The second-order valence-electron chi connectivity index (χ2n) is 3.06. The van der Waals surface area contributed by atoms with E-state index in [0.717, 1.165) is 19.1 Å². The van der Waals surface area contributed by atoms with Gasteiger partial charge in [0.25, 0.3) is 0 Å². The number of rotatable bonds is 2. The maximum Gasteiger partial charge on any atom is 0.123 e. The number of hydrogen-bond donors (Lipinski definition) is 0. The molecule has 0 aromatic rings. The fourth-order valence-corrected chi connectivity index (χ4v) is 1.60. The van der Waals surface area contributed by atoms with E-state index in [0.29, 0.717) is 11.8 Å². The van der Waals surface area contributed by atoms with Gasteiger partial charge in [-0.25, -0.2) is 0 Å². The van der Waals surface area contributed by atoms with E-state index >= 15 is 0 Å². The first kappa shape index (κ1) is 7.52. The molecule has 1 nitrogen and oxygen atoms in total. The molecule has 0 radical (unpaired) electrons. The number of allylic oxidation sites excluding steroid dienone is 1. The molecule has 0 saturated heterocycles. The minimum absolute atomic E-state index is 0.316. The maximum absolute atomic E-state index is 10.4. The molecule has 1 heteroatoms. The normalized spacial score (nSPS) is 33.2. The first-order valence-electron chi connectivity index (χ1n) is 3.94. The van der Waals surface area contributed by atoms with Crippen molar-refractivity contribution >= 4 is 6.29 Å². The van der Waals surface area contributed by atoms with Crippen LogP contribution in [0.15, 0.2) is 12.7 Å². The van der Waals surface area contributed by atoms with Crippen LogP contribution >= 0.6 is 0 Å². The van der Waals surface area contributed by atoms with Crippen LogP contribution < -0.4 is 0 Å². The zero-order valence-electron chi connectivity index (χ0n) is 6.25. The van der Waals surface area contributed by atoms with Crippen LogP contribution in [0.1, 0.15) is 25.7 Å². The van der Waals surface area contributed by atoms with Gasteiger partial charge < -0.3 is 4.79 Å². The van der Waals surface area contributed by atoms with Crippen molar-refractivity contribution in [3.05, 3.63) is 12.7 Å². The Morgan fingerprint density at radius 2 is 2.00 bits per heavy atom. The summed E-state index contributed by atoms with van der Waals surface area (Å²) in [6.07, 6.45) is 7.63. The summed E-state index contributed by atoms with van der Waals surface area (Å²) in [6.45, 7) is 3.74. The summed E-state index contributed by atoms with van der Waals surface area (Å²) in [5.41, 5.74) is 0. The van der Waals surface area contributed by atoms with Crippen LogP contribution in [0.3, 0.4) is 0 Å². The van der Waals surface area contributed by atoms with Gasteiger partial charge in [-0.05, 0) is 25.2 Å². The average Bonchev–Trinajstić information content (AvgIpc) is 2.05. The molecule has 0 bridgehead atoms. The maximum atomic E-state index is 10.4. The van der Waals surface area contributed by atoms with E-state index in [2.05, 4.69) is 6.58 Å². The van der Waals surface area contributed by atoms with E-state index in [9.17, 15) is 4.79 Å². The standard InChI is InChI=1S/C9H14O/c1-2-8-4-3-5-9(6-8)7-10/h2,7-9H,1,3-6H2/t8-,9+/m1/s1. The summed E-state index contributed by atoms with van der Waals surface area (Å²) >= 11 is 0. The van der Waals surface area contributed by atoms with Gasteiger partial charge in [-0.3, -0.25) is 0 Å². The van der Waals surface area contributed by atoms with E-state index < -0.39 is 0 Å². The lowest BCUT2D eigenvalue weighted by Crippen LogP contribution is -2.14. The lowest BCUT2D eigenvalue weighted by molar-refractivity contribution is -0.112. The van der Waals surface area contributed by atoms with Gasteiger partial charge in [-0.2, -0.15) is 0 Å². The molecular weight excluding hydrogens is 124 g/mol. The van der Waals surface area contributed by atoms with Gasteiger partial charge in [0.05, 0.1) is 0 Å². The topological polar surface area (TPSA) is 17.1 Å². The fraction of sp³-hybridized carbons (Fsp3) is 0.667. The summed E-state index contributed by atoms with van der Waals surface area (Å²) in [4.78, 5) is 10.4. The van der Waals surface area contributed by atoms with E-state index in [4.69, 9.17) is 0 Å². The number of aldehydes is 1. The van der Waals surface area contributed by atoms with Gasteiger partial charge in [0.15, 0.2) is 0 Å². The SMILES string of the molecule is C=C[C@@H]1CCC[C@H](C=O)C1. The average molecular weight is 138 g/mol. The number of carbonyl (C=O) groups is 1. The molecule has 1 rings (SSSR count). The molecule has 0 aromatic carbocycles. The predicted octanol–water partition coefficient (Wildman–Crippen LogP) is 2.18. The van der Waals surface area contributed by atoms with E-state index in [1.807, 2.05) is 6.08 Å². The summed E-state index contributed by atoms with van der Waals surface area (Å²) in [6, 6.07) is 0. The molecule has 10 heavy (non-hydrogen) atoms. The van der Waals surface area contributed by atoms with Crippen LogP contribution in [-0.2, 0) is 4.79 Å². The van der Waals surface area contributed by atoms with Gasteiger partial charge in [0, 0.05) is 5.92 Å². The molecular formula is C9H14O. The van der Waals surface area contributed by atoms with Crippen molar-refractivity contribution in [3.63, 3.8) is 0 Å². The summed E-state index contributed by atoms with van der Waals surface area (Å²) < 4.78 is 0. The summed E-state index contributed by atoms with van der Waals surface area (Å²) in [7, 11) is 0. The van der Waals surface area contributed by atoms with Gasteiger partial charge in [0.2, 0.25) is 0 Å². The molecule has 0 amide bonds. The third-order valence-electron chi connectivity index (χ3n) is 2.28. The molecule has 1 aliphatic carbocycles. The van der Waals surface area contributed by atoms with Crippen LogP contribution in [0, 0.1) is 11.8 Å². The molecule has 0 aliphatic heterocycles. The van der Waals surface area contributed by atoms with Crippen molar-refractivity contribution in [1.82, 2.24) is 0 Å². The quantitative estimate of drug-likeness (QED) is 0.422. The zero-order chi connectivity index (χ0) is 7.40. The van der Waals surface area contributed by atoms with Crippen molar-refractivity contribution in [2.24, 2.45) is 11.8 Å². The molecule has 2 atom stereocenters. The van der Waals surface area contributed by atoms with Crippen molar-refractivity contribution in [3.8, 4) is 0 Å². The number of carbonyl (C=O) groups excluding carboxylic acids is 1. The van der Waals surface area contributed by atoms with Gasteiger partial charge in [-0.1, -0.05) is 12.5 Å². The third-order valence-corrected chi connectivity index (χ3v) is 2.28. The first-order chi connectivity index (χ1) is 4.86. The molecule has 1 aliphatic rings. The van der Waals surface area contributed by atoms with E-state index in [1.54, 1.807) is 0 Å². The minimum atomic E-state index is 0.316. The highest BCUT2D eigenvalue weighted by Crippen LogP contribution is 2.27. The third kappa shape index (κ3) is 1.69. The smallest absolute Gasteiger partial charge is 0.123 e. The Morgan fingerprint density at radius 3 is 2.60 bits per heavy atom. The Kier molecular flexibility index (Phi) is 2.67. The van der Waals surface area contributed by atoms with Crippen molar-refractivity contribution < 1.29 is 4.79 Å². The van der Waals surface area contributed by atoms with Gasteiger partial charge in [0.1, 0.15) is 6.29 Å². The zero-order valence-corrected chi connectivity index (χ0v) is 6.25. The molecule has 0 unspecified atom stereocenters. The van der Waals surface area contributed by atoms with Crippen LogP contribution in [0.25, 0.3) is 0 Å². The monoisotopic (exact) mass is 138 g/mol. The molecule has 56 valence electrons. The summed E-state index contributed by atoms with van der Waals surface area (Å²) in [5.74, 6) is 0.917. The second kappa shape index (κ2) is 3.55. The van der Waals surface area contributed by atoms with Crippen molar-refractivity contribution in [2.75, 3.05) is 0 Å². The van der Waals surface area contributed by atoms with E-state index in [-0.39, 0.29) is 0 Å². The molecule has 1 saturated carbocycles. The highest BCUT2D eigenvalue weighted by Gasteiger charge is 2.18. The Bertz CT molecular complexity index is 115. The van der Waals surface area contributed by atoms with E-state index in [1.165, 1.54) is 12.8 Å². The van der Waals surface area contributed by atoms with Crippen LogP contribution in [0.4, 0.5) is 0 Å². The molecule has 1 fully saturated rings. The highest BCUT2D eigenvalue weighted by atomic mass is 16.1. The lowest BCUT2D eigenvalue weighted by Gasteiger charge is -2.22. The fourth-order valence-electron chi connectivity index (χ4n) is 1.60. The largest absolute Gasteiger partial charge is 0.303 e. The predicted molar refractivity (Wildman–Crippen MR) is 41.7 cm³/mol. The molecule has 0 heterocycles. The Morgan fingerprint density at radius 1 is 1.30 bits per heavy atom. The van der Waals surface area contributed by atoms with Gasteiger partial charge in [-0.15, -0.1) is 6.58 Å². The van der Waals surface area contributed by atoms with Crippen LogP contribution in [0.2, 0.25) is 0 Å². The molecule has 0 aromatic heterocycles. The minimum Gasteiger partial charge on any atom is -0.303 e. The van der Waals surface area contributed by atoms with Crippen LogP contribution in [-0.4, -0.2) is 6.29 Å². The Hall–Kier alpha value is -0.590. The Labute approximate surface area is 62.1 Å². The highest BCUT2D eigenvalue weighted by molar-refractivity contribution is 5.53. The Balaban J connectivity index is 2.38.